The van der Waals surface area contributed by atoms with E-state index in [-0.39, 0.29) is 55.2 Å². The number of piperidine rings is 1. The van der Waals surface area contributed by atoms with Crippen molar-refractivity contribution >= 4 is 21.7 Å². The number of hydrogen-bond donors (Lipinski definition) is 1. The number of carbonyl (C=O) groups excluding carboxylic acids is 2. The maximum absolute atomic E-state index is 14.9. The second-order valence-corrected chi connectivity index (χ2v) is 13.2. The van der Waals surface area contributed by atoms with Crippen LogP contribution in [0.15, 0.2) is 41.3 Å². The number of amides is 2. The third-order valence-corrected chi connectivity index (χ3v) is 11.4. The lowest BCUT2D eigenvalue weighted by Gasteiger charge is -2.43. The number of alkyl halides is 7. The number of sulfone groups is 1. The number of rotatable bonds is 4. The summed E-state index contributed by atoms with van der Waals surface area (Å²) in [6.07, 6.45) is -13.4. The predicted octanol–water partition coefficient (Wildman–Crippen LogP) is 3.86. The highest BCUT2D eigenvalue weighted by molar-refractivity contribution is 7.92. The summed E-state index contributed by atoms with van der Waals surface area (Å²) in [6, 6.07) is 2.62. The van der Waals surface area contributed by atoms with Crippen molar-refractivity contribution in [3.8, 4) is 0 Å². The van der Waals surface area contributed by atoms with Gasteiger partial charge >= 0.3 is 18.0 Å². The van der Waals surface area contributed by atoms with Gasteiger partial charge in [-0.25, -0.2) is 17.2 Å². The Kier molecular flexibility index (Phi) is 6.08. The standard InChI is InChI=1S/C26H21F8N3O4S/c27-12-2-1-3-13(10-12)42(40,41)23-8-9-37(22(39)20-14-11-15(14)21(38)36-20)19(23)7-5-17-16(23)4-6-18(35-17)24(28,25(29,30)31)26(32,33)34/h1-4,6,10,14-15,19-20H,5,7-9,11H2,(H,36,38)/t14-,15+,19?,20-,23?/m0/s1. The molecule has 3 heterocycles. The molecule has 2 aliphatic carbocycles. The number of aryl methyl sites for hydroxylation is 1. The highest BCUT2D eigenvalue weighted by Gasteiger charge is 2.75. The lowest BCUT2D eigenvalue weighted by atomic mass is 9.80. The van der Waals surface area contributed by atoms with Crippen LogP contribution in [0.5, 0.6) is 0 Å². The van der Waals surface area contributed by atoms with Crippen LogP contribution in [0.25, 0.3) is 0 Å². The van der Waals surface area contributed by atoms with E-state index in [0.717, 1.165) is 18.2 Å². The molecule has 1 saturated carbocycles. The number of carbonyl (C=O) groups is 2. The molecule has 2 aromatic rings. The first kappa shape index (κ1) is 28.8. The van der Waals surface area contributed by atoms with E-state index < -0.39 is 72.7 Å². The van der Waals surface area contributed by atoms with Crippen LogP contribution in [0.4, 0.5) is 35.1 Å². The summed E-state index contributed by atoms with van der Waals surface area (Å²) in [5.74, 6) is -2.42. The van der Waals surface area contributed by atoms with Crippen molar-refractivity contribution in [2.75, 3.05) is 6.54 Å². The van der Waals surface area contributed by atoms with Crippen molar-refractivity contribution in [3.05, 3.63) is 59.2 Å². The maximum Gasteiger partial charge on any atom is 0.437 e. The third kappa shape index (κ3) is 3.75. The fraction of sp³-hybridized carbons (Fsp3) is 0.500. The molecule has 0 radical (unpaired) electrons. The van der Waals surface area contributed by atoms with Crippen LogP contribution in [0.1, 0.15) is 36.2 Å². The lowest BCUT2D eigenvalue weighted by Crippen LogP contribution is -2.56. The van der Waals surface area contributed by atoms with Gasteiger partial charge in [-0.15, -0.1) is 0 Å². The Bertz CT molecular complexity index is 1600. The predicted molar refractivity (Wildman–Crippen MR) is 126 cm³/mol. The summed E-state index contributed by atoms with van der Waals surface area (Å²) < 4.78 is 136. The minimum Gasteiger partial charge on any atom is -0.344 e. The minimum absolute atomic E-state index is 0.154. The molecular formula is C26H21F8N3O4S. The summed E-state index contributed by atoms with van der Waals surface area (Å²) in [5.41, 5.74) is -8.64. The zero-order valence-electron chi connectivity index (χ0n) is 21.3. The van der Waals surface area contributed by atoms with Crippen LogP contribution < -0.4 is 5.32 Å². The SMILES string of the molecule is O=C1N[C@H](C(=O)N2CCC3(S(=O)(=O)c4cccc(F)c4)c4ccc(C(F)(C(F)(F)F)C(F)(F)F)nc4CCC23)[C@H]2C[C@@H]12. The molecule has 7 nitrogen and oxygen atoms in total. The number of nitrogens with one attached hydrogen (secondary N) is 1. The van der Waals surface area contributed by atoms with Gasteiger partial charge < -0.3 is 10.2 Å². The van der Waals surface area contributed by atoms with E-state index in [9.17, 15) is 53.1 Å². The minimum atomic E-state index is -6.43. The average Bonchev–Trinajstić information content (AvgIpc) is 3.49. The summed E-state index contributed by atoms with van der Waals surface area (Å²) in [4.78, 5) is 29.8. The molecule has 2 unspecified atom stereocenters. The molecule has 1 N–H and O–H groups in total. The highest BCUT2D eigenvalue weighted by atomic mass is 32.2. The van der Waals surface area contributed by atoms with Crippen LogP contribution in [0.2, 0.25) is 0 Å². The van der Waals surface area contributed by atoms with Crippen molar-refractivity contribution in [1.82, 2.24) is 15.2 Å². The quantitative estimate of drug-likeness (QED) is 0.523. The number of likely N-dealkylation sites (tertiary alicyclic amines) is 1. The molecule has 0 spiro atoms. The zero-order chi connectivity index (χ0) is 30.6. The Morgan fingerprint density at radius 3 is 2.31 bits per heavy atom. The first-order valence-electron chi connectivity index (χ1n) is 12.9. The van der Waals surface area contributed by atoms with Crippen LogP contribution in [-0.4, -0.2) is 61.1 Å². The van der Waals surface area contributed by atoms with Crippen molar-refractivity contribution in [3.63, 3.8) is 0 Å². The van der Waals surface area contributed by atoms with E-state index in [1.165, 1.54) is 4.90 Å². The number of benzene rings is 1. The first-order valence-corrected chi connectivity index (χ1v) is 14.4. The van der Waals surface area contributed by atoms with Crippen LogP contribution >= 0.6 is 0 Å². The molecule has 2 amide bonds. The molecule has 42 heavy (non-hydrogen) atoms. The molecule has 1 aromatic carbocycles. The van der Waals surface area contributed by atoms with Crippen LogP contribution in [0.3, 0.4) is 0 Å². The van der Waals surface area contributed by atoms with E-state index in [2.05, 4.69) is 10.3 Å². The summed E-state index contributed by atoms with van der Waals surface area (Å²) >= 11 is 0. The van der Waals surface area contributed by atoms with Gasteiger partial charge in [-0.2, -0.15) is 26.3 Å². The Morgan fingerprint density at radius 2 is 1.74 bits per heavy atom. The maximum atomic E-state index is 14.9. The molecule has 5 atom stereocenters. The van der Waals surface area contributed by atoms with Crippen LogP contribution in [0, 0.1) is 17.7 Å². The fourth-order valence-corrected chi connectivity index (χ4v) is 9.18. The lowest BCUT2D eigenvalue weighted by molar-refractivity contribution is -0.350. The van der Waals surface area contributed by atoms with Gasteiger partial charge in [0.05, 0.1) is 16.6 Å². The molecular weight excluding hydrogens is 602 g/mol. The topological polar surface area (TPSA) is 96.4 Å². The summed E-state index contributed by atoms with van der Waals surface area (Å²) in [5, 5.41) is 2.59. The fourth-order valence-electron chi connectivity index (χ4n) is 6.80. The molecule has 226 valence electrons. The van der Waals surface area contributed by atoms with Gasteiger partial charge in [0.25, 0.3) is 0 Å². The van der Waals surface area contributed by atoms with Crippen molar-refractivity contribution < 1.29 is 53.1 Å². The third-order valence-electron chi connectivity index (χ3n) is 8.89. The van der Waals surface area contributed by atoms with Gasteiger partial charge in [-0.1, -0.05) is 12.1 Å². The highest BCUT2D eigenvalue weighted by Crippen LogP contribution is 2.56. The first-order chi connectivity index (χ1) is 19.4. The Labute approximate surface area is 233 Å². The van der Waals surface area contributed by atoms with Crippen molar-refractivity contribution in [2.24, 2.45) is 11.8 Å². The van der Waals surface area contributed by atoms with E-state index in [1.807, 2.05) is 0 Å². The van der Waals surface area contributed by atoms with Crippen LogP contribution in [-0.2, 0) is 36.3 Å². The second-order valence-electron chi connectivity index (χ2n) is 11.0. The normalized spacial score (nSPS) is 29.0. The number of fused-ring (bicyclic) bond motifs is 4. The molecule has 0 bridgehead atoms. The van der Waals surface area contributed by atoms with E-state index in [0.29, 0.717) is 18.6 Å². The Hall–Kier alpha value is -3.30. The second kappa shape index (κ2) is 8.86. The molecule has 1 aromatic heterocycles. The summed E-state index contributed by atoms with van der Waals surface area (Å²) in [7, 11) is -4.70. The number of halogens is 8. The molecule has 6 rings (SSSR count). The molecule has 2 aliphatic heterocycles. The van der Waals surface area contributed by atoms with E-state index in [4.69, 9.17) is 0 Å². The number of nitrogens with zero attached hydrogens (tertiary/aromatic N) is 2. The summed E-state index contributed by atoms with van der Waals surface area (Å²) in [6.45, 7) is -0.193. The molecule has 2 saturated heterocycles. The number of hydrogen-bond acceptors (Lipinski definition) is 5. The Balaban J connectivity index is 1.50. The zero-order valence-corrected chi connectivity index (χ0v) is 22.1. The van der Waals surface area contributed by atoms with Gasteiger partial charge in [-0.05, 0) is 55.5 Å². The van der Waals surface area contributed by atoms with Gasteiger partial charge in [0.1, 0.15) is 16.6 Å². The largest absolute Gasteiger partial charge is 0.437 e. The smallest absolute Gasteiger partial charge is 0.344 e. The molecule has 4 aliphatic rings. The van der Waals surface area contributed by atoms with Gasteiger partial charge in [0.15, 0.2) is 9.84 Å². The monoisotopic (exact) mass is 623 g/mol. The van der Waals surface area contributed by atoms with Gasteiger partial charge in [0, 0.05) is 24.1 Å². The number of aromatic nitrogens is 1. The van der Waals surface area contributed by atoms with Gasteiger partial charge in [-0.3, -0.25) is 14.6 Å². The number of pyridine rings is 1. The Morgan fingerprint density at radius 1 is 1.05 bits per heavy atom. The van der Waals surface area contributed by atoms with Crippen molar-refractivity contribution in [1.29, 1.82) is 0 Å². The average molecular weight is 624 g/mol. The molecule has 3 fully saturated rings. The molecule has 16 heteroatoms. The van der Waals surface area contributed by atoms with E-state index in [1.54, 1.807) is 0 Å². The van der Waals surface area contributed by atoms with Gasteiger partial charge in [0.2, 0.25) is 11.8 Å². The van der Waals surface area contributed by atoms with E-state index >= 15 is 0 Å². The van der Waals surface area contributed by atoms with Crippen molar-refractivity contribution in [2.45, 2.75) is 65.4 Å².